The second kappa shape index (κ2) is 7.41. The van der Waals surface area contributed by atoms with E-state index in [1.165, 1.54) is 0 Å². The monoisotopic (exact) mass is 225 g/mol. The fourth-order valence-electron chi connectivity index (χ4n) is 1.76. The highest BCUT2D eigenvalue weighted by Crippen LogP contribution is 1.93. The SMILES string of the molecule is CC(C)=CC(=O)NCCCN1CCNCC1. The third-order valence-electron chi connectivity index (χ3n) is 2.58. The van der Waals surface area contributed by atoms with Crippen molar-refractivity contribution >= 4 is 5.91 Å². The molecule has 0 aromatic carbocycles. The van der Waals surface area contributed by atoms with Gasteiger partial charge in [0.05, 0.1) is 0 Å². The van der Waals surface area contributed by atoms with Crippen LogP contribution in [-0.2, 0) is 4.79 Å². The van der Waals surface area contributed by atoms with E-state index in [1.807, 2.05) is 13.8 Å². The molecule has 1 fully saturated rings. The van der Waals surface area contributed by atoms with Gasteiger partial charge < -0.3 is 15.5 Å². The van der Waals surface area contributed by atoms with Gasteiger partial charge in [-0.25, -0.2) is 0 Å². The molecular formula is C12H23N3O. The summed E-state index contributed by atoms with van der Waals surface area (Å²) in [5.74, 6) is 0.0281. The van der Waals surface area contributed by atoms with Crippen LogP contribution in [0.15, 0.2) is 11.6 Å². The first-order valence-electron chi connectivity index (χ1n) is 6.04. The number of rotatable bonds is 5. The molecule has 1 aliphatic rings. The zero-order chi connectivity index (χ0) is 11.8. The van der Waals surface area contributed by atoms with E-state index >= 15 is 0 Å². The minimum absolute atomic E-state index is 0.0281. The molecule has 0 saturated carbocycles. The molecule has 4 nitrogen and oxygen atoms in total. The van der Waals surface area contributed by atoms with E-state index in [2.05, 4.69) is 15.5 Å². The normalized spacial score (nSPS) is 16.9. The van der Waals surface area contributed by atoms with Crippen molar-refractivity contribution in [3.05, 3.63) is 11.6 Å². The van der Waals surface area contributed by atoms with Crippen molar-refractivity contribution in [3.8, 4) is 0 Å². The Morgan fingerprint density at radius 3 is 2.69 bits per heavy atom. The average molecular weight is 225 g/mol. The van der Waals surface area contributed by atoms with Gasteiger partial charge in [0.25, 0.3) is 0 Å². The maximum Gasteiger partial charge on any atom is 0.243 e. The Hall–Kier alpha value is -0.870. The molecular weight excluding hydrogens is 202 g/mol. The summed E-state index contributed by atoms with van der Waals surface area (Å²) < 4.78 is 0. The summed E-state index contributed by atoms with van der Waals surface area (Å²) in [6, 6.07) is 0. The van der Waals surface area contributed by atoms with E-state index < -0.39 is 0 Å². The molecule has 1 aliphatic heterocycles. The van der Waals surface area contributed by atoms with Crippen molar-refractivity contribution in [3.63, 3.8) is 0 Å². The summed E-state index contributed by atoms with van der Waals surface area (Å²) in [6.45, 7) is 10.1. The highest BCUT2D eigenvalue weighted by Gasteiger charge is 2.08. The van der Waals surface area contributed by atoms with Crippen LogP contribution in [0, 0.1) is 0 Å². The predicted octanol–water partition coefficient (Wildman–Crippen LogP) is 0.364. The molecule has 1 amide bonds. The Bertz CT molecular complexity index is 241. The first-order valence-corrected chi connectivity index (χ1v) is 6.04. The number of hydrogen-bond acceptors (Lipinski definition) is 3. The number of nitrogens with one attached hydrogen (secondary N) is 2. The lowest BCUT2D eigenvalue weighted by Gasteiger charge is -2.26. The van der Waals surface area contributed by atoms with E-state index in [1.54, 1.807) is 6.08 Å². The van der Waals surface area contributed by atoms with Gasteiger partial charge in [-0.2, -0.15) is 0 Å². The molecule has 92 valence electrons. The van der Waals surface area contributed by atoms with Gasteiger partial charge in [0.1, 0.15) is 0 Å². The van der Waals surface area contributed by atoms with Crippen molar-refractivity contribution in [1.82, 2.24) is 15.5 Å². The Kier molecular flexibility index (Phi) is 6.11. The van der Waals surface area contributed by atoms with Crippen LogP contribution < -0.4 is 10.6 Å². The van der Waals surface area contributed by atoms with Gasteiger partial charge in [0, 0.05) is 38.8 Å². The van der Waals surface area contributed by atoms with Crippen LogP contribution in [0.2, 0.25) is 0 Å². The minimum atomic E-state index is 0.0281. The first kappa shape index (κ1) is 13.2. The quantitative estimate of drug-likeness (QED) is 0.525. The zero-order valence-electron chi connectivity index (χ0n) is 10.4. The Morgan fingerprint density at radius 2 is 2.06 bits per heavy atom. The molecule has 0 unspecified atom stereocenters. The number of piperazine rings is 1. The maximum atomic E-state index is 11.3. The highest BCUT2D eigenvalue weighted by molar-refractivity contribution is 5.87. The van der Waals surface area contributed by atoms with Crippen LogP contribution >= 0.6 is 0 Å². The number of allylic oxidation sites excluding steroid dienone is 1. The Labute approximate surface area is 98.1 Å². The summed E-state index contributed by atoms with van der Waals surface area (Å²) in [5.41, 5.74) is 1.04. The average Bonchev–Trinajstić information content (AvgIpc) is 2.25. The van der Waals surface area contributed by atoms with Gasteiger partial charge in [-0.05, 0) is 26.8 Å². The molecule has 1 rings (SSSR count). The number of nitrogens with zero attached hydrogens (tertiary/aromatic N) is 1. The molecule has 0 aromatic rings. The lowest BCUT2D eigenvalue weighted by molar-refractivity contribution is -0.116. The Balaban J connectivity index is 2.02. The smallest absolute Gasteiger partial charge is 0.243 e. The second-order valence-corrected chi connectivity index (χ2v) is 4.46. The van der Waals surface area contributed by atoms with Crippen LogP contribution in [0.25, 0.3) is 0 Å². The Morgan fingerprint density at radius 1 is 1.38 bits per heavy atom. The molecule has 1 saturated heterocycles. The number of carbonyl (C=O) groups is 1. The van der Waals surface area contributed by atoms with Crippen molar-refractivity contribution in [1.29, 1.82) is 0 Å². The molecule has 0 aliphatic carbocycles. The molecule has 0 radical (unpaired) electrons. The predicted molar refractivity (Wildman–Crippen MR) is 66.4 cm³/mol. The van der Waals surface area contributed by atoms with Gasteiger partial charge in [0.2, 0.25) is 5.91 Å². The molecule has 0 aromatic heterocycles. The molecule has 0 atom stereocenters. The summed E-state index contributed by atoms with van der Waals surface area (Å²) in [6.07, 6.45) is 2.67. The van der Waals surface area contributed by atoms with E-state index in [0.717, 1.165) is 51.3 Å². The lowest BCUT2D eigenvalue weighted by atomic mass is 10.3. The lowest BCUT2D eigenvalue weighted by Crippen LogP contribution is -2.44. The standard InChI is InChI=1S/C12H23N3O/c1-11(2)10-12(16)14-4-3-7-15-8-5-13-6-9-15/h10,13H,3-9H2,1-2H3,(H,14,16). The minimum Gasteiger partial charge on any atom is -0.353 e. The fourth-order valence-corrected chi connectivity index (χ4v) is 1.76. The summed E-state index contributed by atoms with van der Waals surface area (Å²) in [5, 5.41) is 6.22. The van der Waals surface area contributed by atoms with Crippen LogP contribution in [0.3, 0.4) is 0 Å². The van der Waals surface area contributed by atoms with E-state index in [9.17, 15) is 4.79 Å². The third kappa shape index (κ3) is 5.88. The van der Waals surface area contributed by atoms with Crippen LogP contribution in [0.4, 0.5) is 0 Å². The van der Waals surface area contributed by atoms with Gasteiger partial charge in [-0.15, -0.1) is 0 Å². The third-order valence-corrected chi connectivity index (χ3v) is 2.58. The van der Waals surface area contributed by atoms with Gasteiger partial charge in [0.15, 0.2) is 0 Å². The molecule has 4 heteroatoms. The maximum absolute atomic E-state index is 11.3. The molecule has 0 bridgehead atoms. The van der Waals surface area contributed by atoms with Crippen molar-refractivity contribution in [2.75, 3.05) is 39.3 Å². The molecule has 1 heterocycles. The zero-order valence-corrected chi connectivity index (χ0v) is 10.4. The topological polar surface area (TPSA) is 44.4 Å². The fraction of sp³-hybridized carbons (Fsp3) is 0.750. The van der Waals surface area contributed by atoms with E-state index in [-0.39, 0.29) is 5.91 Å². The molecule has 0 spiro atoms. The van der Waals surface area contributed by atoms with Gasteiger partial charge in [-0.1, -0.05) is 5.57 Å². The number of carbonyl (C=O) groups excluding carboxylic acids is 1. The van der Waals surface area contributed by atoms with Crippen molar-refractivity contribution < 1.29 is 4.79 Å². The van der Waals surface area contributed by atoms with Crippen LogP contribution in [0.1, 0.15) is 20.3 Å². The highest BCUT2D eigenvalue weighted by atomic mass is 16.1. The largest absolute Gasteiger partial charge is 0.353 e. The molecule has 16 heavy (non-hydrogen) atoms. The number of amides is 1. The van der Waals surface area contributed by atoms with E-state index in [0.29, 0.717) is 0 Å². The van der Waals surface area contributed by atoms with Crippen LogP contribution in [0.5, 0.6) is 0 Å². The second-order valence-electron chi connectivity index (χ2n) is 4.46. The summed E-state index contributed by atoms with van der Waals surface area (Å²) in [4.78, 5) is 13.7. The van der Waals surface area contributed by atoms with Gasteiger partial charge in [-0.3, -0.25) is 4.79 Å². The summed E-state index contributed by atoms with van der Waals surface area (Å²) in [7, 11) is 0. The first-order chi connectivity index (χ1) is 7.68. The van der Waals surface area contributed by atoms with Crippen molar-refractivity contribution in [2.24, 2.45) is 0 Å². The summed E-state index contributed by atoms with van der Waals surface area (Å²) >= 11 is 0. The van der Waals surface area contributed by atoms with E-state index in [4.69, 9.17) is 0 Å². The van der Waals surface area contributed by atoms with Crippen LogP contribution in [-0.4, -0.2) is 50.1 Å². The molecule has 2 N–H and O–H groups in total. The number of hydrogen-bond donors (Lipinski definition) is 2. The van der Waals surface area contributed by atoms with Crippen molar-refractivity contribution in [2.45, 2.75) is 20.3 Å². The van der Waals surface area contributed by atoms with Gasteiger partial charge >= 0.3 is 0 Å².